The third-order valence-corrected chi connectivity index (χ3v) is 3.35. The van der Waals surface area contributed by atoms with Crippen LogP contribution in [-0.2, 0) is 12.8 Å². The van der Waals surface area contributed by atoms with Gasteiger partial charge in [-0.1, -0.05) is 30.3 Å². The van der Waals surface area contributed by atoms with Crippen molar-refractivity contribution < 1.29 is 0 Å². The van der Waals surface area contributed by atoms with Crippen molar-refractivity contribution in [3.8, 4) is 0 Å². The molecule has 0 radical (unpaired) electrons. The summed E-state index contributed by atoms with van der Waals surface area (Å²) in [5.41, 5.74) is 18.6. The van der Waals surface area contributed by atoms with Gasteiger partial charge >= 0.3 is 0 Å². The maximum atomic E-state index is 6.04. The summed E-state index contributed by atoms with van der Waals surface area (Å²) in [4.78, 5) is 0. The molecule has 0 aromatic heterocycles. The minimum Gasteiger partial charge on any atom is -0.397 e. The van der Waals surface area contributed by atoms with E-state index in [0.717, 1.165) is 18.5 Å². The number of rotatable bonds is 0. The minimum absolute atomic E-state index is 0.693. The van der Waals surface area contributed by atoms with E-state index in [9.17, 15) is 0 Å². The number of hydrogen-bond donors (Lipinski definition) is 2. The zero-order valence-corrected chi connectivity index (χ0v) is 9.03. The third kappa shape index (κ3) is 1.27. The van der Waals surface area contributed by atoms with Crippen LogP contribution in [0.5, 0.6) is 0 Å². The Balaban J connectivity index is 2.16. The maximum absolute atomic E-state index is 6.04. The normalized spacial score (nSPS) is 13.0. The first-order valence-corrected chi connectivity index (χ1v) is 5.48. The van der Waals surface area contributed by atoms with E-state index < -0.39 is 0 Å². The van der Waals surface area contributed by atoms with Crippen LogP contribution in [-0.4, -0.2) is 0 Å². The molecule has 0 spiro atoms. The van der Waals surface area contributed by atoms with Crippen LogP contribution in [0.15, 0.2) is 36.4 Å². The minimum atomic E-state index is 0.693. The summed E-state index contributed by atoms with van der Waals surface area (Å²) in [7, 11) is 0. The highest BCUT2D eigenvalue weighted by Gasteiger charge is 2.17. The summed E-state index contributed by atoms with van der Waals surface area (Å²) >= 11 is 0. The Bertz CT molecular complexity index is 559. The molecule has 1 aliphatic rings. The van der Waals surface area contributed by atoms with Gasteiger partial charge in [-0.05, 0) is 34.7 Å². The van der Waals surface area contributed by atoms with Gasteiger partial charge in [0.15, 0.2) is 0 Å². The largest absolute Gasteiger partial charge is 0.397 e. The van der Waals surface area contributed by atoms with E-state index in [2.05, 4.69) is 30.3 Å². The molecule has 0 saturated heterocycles. The van der Waals surface area contributed by atoms with Gasteiger partial charge in [0.1, 0.15) is 0 Å². The molecule has 0 atom stereocenters. The molecule has 0 bridgehead atoms. The van der Waals surface area contributed by atoms with Gasteiger partial charge in [0.05, 0.1) is 11.4 Å². The predicted molar refractivity (Wildman–Crippen MR) is 67.3 cm³/mol. The molecule has 3 rings (SSSR count). The summed E-state index contributed by atoms with van der Waals surface area (Å²) < 4.78 is 0. The van der Waals surface area contributed by atoms with Crippen molar-refractivity contribution in [1.29, 1.82) is 0 Å². The first kappa shape index (κ1) is 9.28. The molecule has 0 fully saturated rings. The number of hydrogen-bond acceptors (Lipinski definition) is 2. The predicted octanol–water partition coefficient (Wildman–Crippen LogP) is 2.35. The SMILES string of the molecule is Nc1ccc2c(c1N)Cc1ccccc1C2. The zero-order chi connectivity index (χ0) is 11.1. The number of benzene rings is 2. The Hall–Kier alpha value is -1.96. The van der Waals surface area contributed by atoms with Crippen molar-refractivity contribution >= 4 is 11.4 Å². The highest BCUT2D eigenvalue weighted by Crippen LogP contribution is 2.33. The third-order valence-electron chi connectivity index (χ3n) is 3.35. The molecule has 80 valence electrons. The van der Waals surface area contributed by atoms with Crippen LogP contribution < -0.4 is 11.5 Å². The van der Waals surface area contributed by atoms with Crippen LogP contribution >= 0.6 is 0 Å². The Labute approximate surface area is 94.9 Å². The smallest absolute Gasteiger partial charge is 0.0586 e. The van der Waals surface area contributed by atoms with Crippen LogP contribution in [0.25, 0.3) is 0 Å². The van der Waals surface area contributed by atoms with E-state index in [1.807, 2.05) is 6.07 Å². The second-order valence-electron chi connectivity index (χ2n) is 4.33. The van der Waals surface area contributed by atoms with Crippen molar-refractivity contribution in [1.82, 2.24) is 0 Å². The summed E-state index contributed by atoms with van der Waals surface area (Å²) in [6.07, 6.45) is 1.87. The van der Waals surface area contributed by atoms with Crippen LogP contribution in [0.2, 0.25) is 0 Å². The molecule has 2 aromatic rings. The molecular weight excluding hydrogens is 196 g/mol. The highest BCUT2D eigenvalue weighted by atomic mass is 14.7. The van der Waals surface area contributed by atoms with E-state index in [-0.39, 0.29) is 0 Å². The standard InChI is InChI=1S/C14H14N2/c15-13-6-5-11-7-9-3-1-2-4-10(9)8-12(11)14(13)16/h1-6H,7-8,15-16H2. The van der Waals surface area contributed by atoms with Gasteiger partial charge in [-0.25, -0.2) is 0 Å². The van der Waals surface area contributed by atoms with Gasteiger partial charge in [-0.3, -0.25) is 0 Å². The zero-order valence-electron chi connectivity index (χ0n) is 9.03. The van der Waals surface area contributed by atoms with E-state index in [0.29, 0.717) is 5.69 Å². The summed E-state index contributed by atoms with van der Waals surface area (Å²) in [5.74, 6) is 0. The van der Waals surface area contributed by atoms with Gasteiger partial charge < -0.3 is 11.5 Å². The topological polar surface area (TPSA) is 52.0 Å². The monoisotopic (exact) mass is 210 g/mol. The number of fused-ring (bicyclic) bond motifs is 2. The van der Waals surface area contributed by atoms with E-state index in [1.165, 1.54) is 22.3 Å². The molecule has 0 saturated carbocycles. The van der Waals surface area contributed by atoms with Crippen LogP contribution in [0.1, 0.15) is 22.3 Å². The lowest BCUT2D eigenvalue weighted by Crippen LogP contribution is -2.11. The van der Waals surface area contributed by atoms with Gasteiger partial charge in [-0.2, -0.15) is 0 Å². The lowest BCUT2D eigenvalue weighted by Gasteiger charge is -2.21. The lowest BCUT2D eigenvalue weighted by atomic mass is 9.85. The average Bonchev–Trinajstić information content (AvgIpc) is 2.32. The highest BCUT2D eigenvalue weighted by molar-refractivity contribution is 5.71. The van der Waals surface area contributed by atoms with Crippen molar-refractivity contribution in [2.24, 2.45) is 0 Å². The molecule has 0 heterocycles. The van der Waals surface area contributed by atoms with E-state index in [4.69, 9.17) is 11.5 Å². The van der Waals surface area contributed by atoms with Gasteiger partial charge in [-0.15, -0.1) is 0 Å². The molecular formula is C14H14N2. The van der Waals surface area contributed by atoms with E-state index in [1.54, 1.807) is 0 Å². The molecule has 0 amide bonds. The fourth-order valence-corrected chi connectivity index (χ4v) is 2.40. The first-order chi connectivity index (χ1) is 7.75. The quantitative estimate of drug-likeness (QED) is 0.559. The fraction of sp³-hybridized carbons (Fsp3) is 0.143. The summed E-state index contributed by atoms with van der Waals surface area (Å²) in [6.45, 7) is 0. The second-order valence-corrected chi connectivity index (χ2v) is 4.33. The van der Waals surface area contributed by atoms with Crippen LogP contribution in [0, 0.1) is 0 Å². The second kappa shape index (κ2) is 3.27. The molecule has 1 aliphatic carbocycles. The van der Waals surface area contributed by atoms with E-state index >= 15 is 0 Å². The first-order valence-electron chi connectivity index (χ1n) is 5.48. The molecule has 0 aliphatic heterocycles. The molecule has 0 unspecified atom stereocenters. The Kier molecular flexibility index (Phi) is 1.90. The number of nitrogens with two attached hydrogens (primary N) is 2. The van der Waals surface area contributed by atoms with Gasteiger partial charge in [0, 0.05) is 6.42 Å². The number of nitrogen functional groups attached to an aromatic ring is 2. The van der Waals surface area contributed by atoms with Gasteiger partial charge in [0.2, 0.25) is 0 Å². The van der Waals surface area contributed by atoms with Gasteiger partial charge in [0.25, 0.3) is 0 Å². The van der Waals surface area contributed by atoms with Crippen LogP contribution in [0.4, 0.5) is 11.4 Å². The fourth-order valence-electron chi connectivity index (χ4n) is 2.40. The molecule has 2 aromatic carbocycles. The summed E-state index contributed by atoms with van der Waals surface area (Å²) in [6, 6.07) is 12.5. The Morgan fingerprint density at radius 3 is 2.19 bits per heavy atom. The maximum Gasteiger partial charge on any atom is 0.0586 e. The van der Waals surface area contributed by atoms with Crippen molar-refractivity contribution in [2.75, 3.05) is 11.5 Å². The molecule has 2 heteroatoms. The van der Waals surface area contributed by atoms with Crippen molar-refractivity contribution in [2.45, 2.75) is 12.8 Å². The lowest BCUT2D eigenvalue weighted by molar-refractivity contribution is 1.01. The molecule has 4 N–H and O–H groups in total. The Morgan fingerprint density at radius 2 is 1.44 bits per heavy atom. The van der Waals surface area contributed by atoms with Crippen molar-refractivity contribution in [3.63, 3.8) is 0 Å². The molecule has 16 heavy (non-hydrogen) atoms. The molecule has 2 nitrogen and oxygen atoms in total. The average molecular weight is 210 g/mol. The number of anilines is 2. The van der Waals surface area contributed by atoms with Crippen molar-refractivity contribution in [3.05, 3.63) is 58.7 Å². The van der Waals surface area contributed by atoms with Crippen LogP contribution in [0.3, 0.4) is 0 Å². The Morgan fingerprint density at radius 1 is 0.750 bits per heavy atom. The summed E-state index contributed by atoms with van der Waals surface area (Å²) in [5, 5.41) is 0.